The summed E-state index contributed by atoms with van der Waals surface area (Å²) in [7, 11) is 0. The topological polar surface area (TPSA) is 81.1 Å². The Morgan fingerprint density at radius 1 is 1.44 bits per heavy atom. The SMILES string of the molecule is Cc1ccc(-n2nc(CN)c(O)cc2=O)cc1Cl. The van der Waals surface area contributed by atoms with Crippen LogP contribution in [0.3, 0.4) is 0 Å². The van der Waals surface area contributed by atoms with Crippen LogP contribution < -0.4 is 11.3 Å². The highest BCUT2D eigenvalue weighted by atomic mass is 35.5. The highest BCUT2D eigenvalue weighted by molar-refractivity contribution is 6.31. The molecule has 2 aromatic rings. The van der Waals surface area contributed by atoms with E-state index < -0.39 is 5.56 Å². The molecule has 5 nitrogen and oxygen atoms in total. The zero-order valence-corrected chi connectivity index (χ0v) is 10.5. The van der Waals surface area contributed by atoms with Gasteiger partial charge >= 0.3 is 0 Å². The Morgan fingerprint density at radius 3 is 2.78 bits per heavy atom. The molecule has 0 fully saturated rings. The van der Waals surface area contributed by atoms with Crippen molar-refractivity contribution in [3.8, 4) is 11.4 Å². The molecular weight excluding hydrogens is 254 g/mol. The smallest absolute Gasteiger partial charge is 0.275 e. The zero-order chi connectivity index (χ0) is 13.3. The maximum absolute atomic E-state index is 11.8. The molecule has 94 valence electrons. The molecule has 0 spiro atoms. The van der Waals surface area contributed by atoms with E-state index in [1.807, 2.05) is 6.92 Å². The number of benzene rings is 1. The van der Waals surface area contributed by atoms with Crippen LogP contribution in [0.2, 0.25) is 5.02 Å². The molecular formula is C12H12ClN3O2. The number of aromatic hydroxyl groups is 1. The van der Waals surface area contributed by atoms with Crippen LogP contribution >= 0.6 is 11.6 Å². The van der Waals surface area contributed by atoms with Crippen molar-refractivity contribution >= 4 is 11.6 Å². The molecule has 1 heterocycles. The van der Waals surface area contributed by atoms with Gasteiger partial charge in [-0.2, -0.15) is 9.78 Å². The fraction of sp³-hybridized carbons (Fsp3) is 0.167. The minimum atomic E-state index is -0.440. The summed E-state index contributed by atoms with van der Waals surface area (Å²) in [5.41, 5.74) is 6.69. The quantitative estimate of drug-likeness (QED) is 0.859. The van der Waals surface area contributed by atoms with Gasteiger partial charge in [0, 0.05) is 17.6 Å². The Balaban J connectivity index is 2.63. The molecule has 3 N–H and O–H groups in total. The summed E-state index contributed by atoms with van der Waals surface area (Å²) in [6.45, 7) is 1.91. The fourth-order valence-electron chi connectivity index (χ4n) is 1.53. The standard InChI is InChI=1S/C12H12ClN3O2/c1-7-2-3-8(4-9(7)13)16-12(18)5-11(17)10(6-14)15-16/h2-5,17H,6,14H2,1H3. The fourth-order valence-corrected chi connectivity index (χ4v) is 1.70. The van der Waals surface area contributed by atoms with E-state index in [1.54, 1.807) is 18.2 Å². The van der Waals surface area contributed by atoms with Crippen LogP contribution in [-0.4, -0.2) is 14.9 Å². The second kappa shape index (κ2) is 4.80. The second-order valence-corrected chi connectivity index (χ2v) is 4.27. The van der Waals surface area contributed by atoms with E-state index >= 15 is 0 Å². The van der Waals surface area contributed by atoms with Crippen LogP contribution in [0.4, 0.5) is 0 Å². The Labute approximate surface area is 108 Å². The molecule has 18 heavy (non-hydrogen) atoms. The molecule has 0 radical (unpaired) electrons. The minimum Gasteiger partial charge on any atom is -0.506 e. The van der Waals surface area contributed by atoms with Crippen LogP contribution in [-0.2, 0) is 6.54 Å². The van der Waals surface area contributed by atoms with E-state index in [9.17, 15) is 9.90 Å². The summed E-state index contributed by atoms with van der Waals surface area (Å²) >= 11 is 6.00. The lowest BCUT2D eigenvalue weighted by molar-refractivity contribution is 0.457. The lowest BCUT2D eigenvalue weighted by atomic mass is 10.2. The number of hydrogen-bond acceptors (Lipinski definition) is 4. The summed E-state index contributed by atoms with van der Waals surface area (Å²) in [6.07, 6.45) is 0. The number of nitrogens with two attached hydrogens (primary N) is 1. The van der Waals surface area contributed by atoms with Gasteiger partial charge in [0.2, 0.25) is 0 Å². The molecule has 0 saturated heterocycles. The summed E-state index contributed by atoms with van der Waals surface area (Å²) in [6, 6.07) is 6.25. The van der Waals surface area contributed by atoms with E-state index in [4.69, 9.17) is 17.3 Å². The molecule has 0 atom stereocenters. The van der Waals surface area contributed by atoms with Crippen LogP contribution in [0.25, 0.3) is 5.69 Å². The molecule has 0 unspecified atom stereocenters. The summed E-state index contributed by atoms with van der Waals surface area (Å²) in [5.74, 6) is -0.197. The summed E-state index contributed by atoms with van der Waals surface area (Å²) < 4.78 is 1.16. The molecule has 0 aliphatic rings. The van der Waals surface area contributed by atoms with Gasteiger partial charge in [0.1, 0.15) is 11.4 Å². The zero-order valence-electron chi connectivity index (χ0n) is 9.72. The van der Waals surface area contributed by atoms with Gasteiger partial charge in [-0.3, -0.25) is 4.79 Å². The first-order valence-corrected chi connectivity index (χ1v) is 5.69. The summed E-state index contributed by atoms with van der Waals surface area (Å²) in [4.78, 5) is 11.8. The van der Waals surface area contributed by atoms with Gasteiger partial charge in [-0.05, 0) is 24.6 Å². The van der Waals surface area contributed by atoms with Crippen LogP contribution in [0, 0.1) is 6.92 Å². The van der Waals surface area contributed by atoms with Crippen molar-refractivity contribution in [1.29, 1.82) is 0 Å². The van der Waals surface area contributed by atoms with Gasteiger partial charge in [-0.1, -0.05) is 17.7 Å². The van der Waals surface area contributed by atoms with Gasteiger partial charge in [0.05, 0.1) is 5.69 Å². The maximum atomic E-state index is 11.8. The molecule has 6 heteroatoms. The third-order valence-corrected chi connectivity index (χ3v) is 2.99. The predicted molar refractivity (Wildman–Crippen MR) is 69.1 cm³/mol. The number of aryl methyl sites for hydroxylation is 1. The number of aromatic nitrogens is 2. The van der Waals surface area contributed by atoms with Crippen LogP contribution in [0.5, 0.6) is 5.75 Å². The monoisotopic (exact) mass is 265 g/mol. The van der Waals surface area contributed by atoms with E-state index in [-0.39, 0.29) is 18.0 Å². The Bertz CT molecular complexity index is 652. The van der Waals surface area contributed by atoms with Gasteiger partial charge in [0.25, 0.3) is 5.56 Å². The third kappa shape index (κ3) is 2.23. The molecule has 0 saturated carbocycles. The van der Waals surface area contributed by atoms with Crippen molar-refractivity contribution in [2.45, 2.75) is 13.5 Å². The van der Waals surface area contributed by atoms with Crippen LogP contribution in [0.15, 0.2) is 29.1 Å². The second-order valence-electron chi connectivity index (χ2n) is 3.86. The molecule has 1 aromatic heterocycles. The van der Waals surface area contributed by atoms with E-state index in [1.165, 1.54) is 0 Å². The highest BCUT2D eigenvalue weighted by Crippen LogP contribution is 2.19. The molecule has 0 amide bonds. The Hall–Kier alpha value is -1.85. The molecule has 0 aliphatic carbocycles. The third-order valence-electron chi connectivity index (χ3n) is 2.58. The number of rotatable bonds is 2. The first kappa shape index (κ1) is 12.6. The number of nitrogens with zero attached hydrogens (tertiary/aromatic N) is 2. The number of hydrogen-bond donors (Lipinski definition) is 2. The average Bonchev–Trinajstić information content (AvgIpc) is 2.33. The Morgan fingerprint density at radius 2 is 2.17 bits per heavy atom. The maximum Gasteiger partial charge on any atom is 0.275 e. The highest BCUT2D eigenvalue weighted by Gasteiger charge is 2.09. The number of halogens is 1. The predicted octanol–water partition coefficient (Wildman–Crippen LogP) is 1.36. The Kier molecular flexibility index (Phi) is 3.36. The molecule has 0 bridgehead atoms. The lowest BCUT2D eigenvalue weighted by Gasteiger charge is -2.08. The van der Waals surface area contributed by atoms with Gasteiger partial charge in [-0.15, -0.1) is 0 Å². The van der Waals surface area contributed by atoms with Crippen molar-refractivity contribution in [2.24, 2.45) is 5.73 Å². The van der Waals surface area contributed by atoms with Gasteiger partial charge in [0.15, 0.2) is 0 Å². The molecule has 0 aliphatic heterocycles. The van der Waals surface area contributed by atoms with Crippen molar-refractivity contribution in [3.05, 3.63) is 50.9 Å². The lowest BCUT2D eigenvalue weighted by Crippen LogP contribution is -2.22. The first-order valence-electron chi connectivity index (χ1n) is 5.31. The largest absolute Gasteiger partial charge is 0.506 e. The van der Waals surface area contributed by atoms with Gasteiger partial charge in [-0.25, -0.2) is 0 Å². The normalized spacial score (nSPS) is 10.6. The molecule has 1 aromatic carbocycles. The van der Waals surface area contributed by atoms with Crippen molar-refractivity contribution in [1.82, 2.24) is 9.78 Å². The van der Waals surface area contributed by atoms with Crippen molar-refractivity contribution in [2.75, 3.05) is 0 Å². The van der Waals surface area contributed by atoms with Crippen LogP contribution in [0.1, 0.15) is 11.3 Å². The van der Waals surface area contributed by atoms with Gasteiger partial charge < -0.3 is 10.8 Å². The summed E-state index contributed by atoms with van der Waals surface area (Å²) in [5, 5.41) is 14.0. The van der Waals surface area contributed by atoms with E-state index in [2.05, 4.69) is 5.10 Å². The first-order chi connectivity index (χ1) is 8.52. The minimum absolute atomic E-state index is 0.0473. The molecule has 2 rings (SSSR count). The van der Waals surface area contributed by atoms with E-state index in [0.29, 0.717) is 10.7 Å². The van der Waals surface area contributed by atoms with E-state index in [0.717, 1.165) is 16.3 Å². The van der Waals surface area contributed by atoms with Crippen molar-refractivity contribution < 1.29 is 5.11 Å². The van der Waals surface area contributed by atoms with Crippen molar-refractivity contribution in [3.63, 3.8) is 0 Å². The average molecular weight is 266 g/mol.